The minimum Gasteiger partial charge on any atom is -0.263 e. The van der Waals surface area contributed by atoms with E-state index in [9.17, 15) is 0 Å². The molecule has 0 aliphatic heterocycles. The highest BCUT2D eigenvalue weighted by Crippen LogP contribution is 2.06. The zero-order valence-corrected chi connectivity index (χ0v) is 6.79. The van der Waals surface area contributed by atoms with E-state index in [1.54, 1.807) is 12.4 Å². The largest absolute Gasteiger partial charge is 0.263 e. The second kappa shape index (κ2) is 2.83. The van der Waals surface area contributed by atoms with Gasteiger partial charge in [0.1, 0.15) is 0 Å². The Labute approximate surface area is 67.6 Å². The number of terminal acetylenes is 1. The lowest BCUT2D eigenvalue weighted by Gasteiger charge is -1.90. The maximum absolute atomic E-state index is 5.16. The summed E-state index contributed by atoms with van der Waals surface area (Å²) in [5.74, 6) is 2.53. The summed E-state index contributed by atoms with van der Waals surface area (Å²) in [5, 5.41) is 0. The van der Waals surface area contributed by atoms with Gasteiger partial charge in [-0.2, -0.15) is 0 Å². The summed E-state index contributed by atoms with van der Waals surface area (Å²) in [6.45, 7) is 0. The minimum absolute atomic E-state index is 0.859. The van der Waals surface area contributed by atoms with Crippen LogP contribution >= 0.6 is 22.6 Å². The second-order valence-corrected chi connectivity index (χ2v) is 2.66. The number of nitrogens with zero attached hydrogens (tertiary/aromatic N) is 1. The van der Waals surface area contributed by atoms with E-state index < -0.39 is 0 Å². The Morgan fingerprint density at radius 2 is 2.44 bits per heavy atom. The third kappa shape index (κ3) is 1.42. The number of rotatable bonds is 0. The zero-order valence-electron chi connectivity index (χ0n) is 4.63. The minimum atomic E-state index is 0.859. The fourth-order valence-corrected chi connectivity index (χ4v) is 0.939. The molecule has 2 heteroatoms. The van der Waals surface area contributed by atoms with Gasteiger partial charge < -0.3 is 0 Å². The predicted octanol–water partition coefficient (Wildman–Crippen LogP) is 1.67. The number of aromatic nitrogens is 1. The van der Waals surface area contributed by atoms with Gasteiger partial charge in [0.25, 0.3) is 0 Å². The molecule has 0 aliphatic carbocycles. The molecule has 9 heavy (non-hydrogen) atoms. The van der Waals surface area contributed by atoms with Crippen LogP contribution in [0.25, 0.3) is 0 Å². The third-order valence-electron chi connectivity index (χ3n) is 0.923. The Morgan fingerprint density at radius 1 is 1.67 bits per heavy atom. The van der Waals surface area contributed by atoms with Gasteiger partial charge >= 0.3 is 0 Å². The number of hydrogen-bond acceptors (Lipinski definition) is 1. The molecule has 1 aromatic rings. The Bertz CT molecular complexity index is 249. The van der Waals surface area contributed by atoms with Gasteiger partial charge in [-0.25, -0.2) is 0 Å². The molecule has 0 saturated carbocycles. The maximum Gasteiger partial charge on any atom is 0.0559 e. The molecule has 0 spiro atoms. The monoisotopic (exact) mass is 229 g/mol. The van der Waals surface area contributed by atoms with E-state index in [4.69, 9.17) is 6.42 Å². The van der Waals surface area contributed by atoms with Crippen molar-refractivity contribution in [3.05, 3.63) is 27.6 Å². The van der Waals surface area contributed by atoms with Crippen molar-refractivity contribution in [1.82, 2.24) is 4.98 Å². The van der Waals surface area contributed by atoms with Crippen LogP contribution in [0.4, 0.5) is 0 Å². The van der Waals surface area contributed by atoms with E-state index in [2.05, 4.69) is 33.5 Å². The molecular weight excluding hydrogens is 225 g/mol. The Morgan fingerprint density at radius 3 is 2.89 bits per heavy atom. The van der Waals surface area contributed by atoms with Crippen LogP contribution < -0.4 is 0 Å². The molecule has 0 saturated heterocycles. The number of hydrogen-bond donors (Lipinski definition) is 0. The smallest absolute Gasteiger partial charge is 0.0559 e. The molecule has 44 valence electrons. The van der Waals surface area contributed by atoms with E-state index in [1.165, 1.54) is 0 Å². The molecule has 1 rings (SSSR count). The summed E-state index contributed by atoms with van der Waals surface area (Å²) in [6.07, 6.45) is 8.56. The summed E-state index contributed by atoms with van der Waals surface area (Å²) in [7, 11) is 0. The van der Waals surface area contributed by atoms with Crippen molar-refractivity contribution >= 4 is 22.6 Å². The molecule has 1 aromatic heterocycles. The number of pyridine rings is 1. The molecule has 0 unspecified atom stereocenters. The molecule has 0 fully saturated rings. The summed E-state index contributed by atoms with van der Waals surface area (Å²) >= 11 is 2.18. The SMILES string of the molecule is C#Cc1cnccc1I. The van der Waals surface area contributed by atoms with E-state index in [0.717, 1.165) is 9.13 Å². The summed E-state index contributed by atoms with van der Waals surface area (Å²) < 4.78 is 1.07. The van der Waals surface area contributed by atoms with Crippen molar-refractivity contribution in [2.45, 2.75) is 0 Å². The van der Waals surface area contributed by atoms with Crippen molar-refractivity contribution < 1.29 is 0 Å². The van der Waals surface area contributed by atoms with Crippen LogP contribution in [0, 0.1) is 15.9 Å². The lowest BCUT2D eigenvalue weighted by atomic mass is 10.3. The Balaban J connectivity index is 3.20. The maximum atomic E-state index is 5.16. The molecule has 1 heterocycles. The Hall–Kier alpha value is -0.560. The predicted molar refractivity (Wildman–Crippen MR) is 44.9 cm³/mol. The van der Waals surface area contributed by atoms with Crippen molar-refractivity contribution in [2.75, 3.05) is 0 Å². The number of halogens is 1. The summed E-state index contributed by atoms with van der Waals surface area (Å²) in [4.78, 5) is 3.87. The van der Waals surface area contributed by atoms with Gasteiger partial charge in [-0.3, -0.25) is 4.98 Å². The van der Waals surface area contributed by atoms with Crippen LogP contribution in [0.3, 0.4) is 0 Å². The fraction of sp³-hybridized carbons (Fsp3) is 0. The molecule has 0 atom stereocenters. The quantitative estimate of drug-likeness (QED) is 0.487. The lowest BCUT2D eigenvalue weighted by molar-refractivity contribution is 1.30. The highest BCUT2D eigenvalue weighted by molar-refractivity contribution is 14.1. The first-order valence-corrected chi connectivity index (χ1v) is 3.48. The van der Waals surface area contributed by atoms with Crippen molar-refractivity contribution in [2.24, 2.45) is 0 Å². The van der Waals surface area contributed by atoms with Crippen LogP contribution in [0.1, 0.15) is 5.56 Å². The van der Waals surface area contributed by atoms with Gasteiger partial charge in [0, 0.05) is 16.0 Å². The van der Waals surface area contributed by atoms with E-state index in [0.29, 0.717) is 0 Å². The Kier molecular flexibility index (Phi) is 2.06. The van der Waals surface area contributed by atoms with Crippen LogP contribution in [-0.2, 0) is 0 Å². The zero-order chi connectivity index (χ0) is 6.69. The first-order chi connectivity index (χ1) is 4.34. The normalized spacial score (nSPS) is 8.44. The molecule has 0 aliphatic rings. The van der Waals surface area contributed by atoms with Gasteiger partial charge in [-0.15, -0.1) is 6.42 Å². The van der Waals surface area contributed by atoms with Crippen LogP contribution in [0.15, 0.2) is 18.5 Å². The van der Waals surface area contributed by atoms with Gasteiger partial charge in [0.2, 0.25) is 0 Å². The summed E-state index contributed by atoms with van der Waals surface area (Å²) in [6, 6.07) is 1.88. The first kappa shape index (κ1) is 6.56. The van der Waals surface area contributed by atoms with E-state index in [1.807, 2.05) is 6.07 Å². The molecule has 0 radical (unpaired) electrons. The standard InChI is InChI=1S/C7H4IN/c1-2-6-5-9-4-3-7(6)8/h1,3-5H. The highest BCUT2D eigenvalue weighted by atomic mass is 127. The average Bonchev–Trinajstić information content (AvgIpc) is 1.89. The lowest BCUT2D eigenvalue weighted by Crippen LogP contribution is -1.80. The van der Waals surface area contributed by atoms with E-state index in [-0.39, 0.29) is 0 Å². The van der Waals surface area contributed by atoms with Crippen molar-refractivity contribution in [3.8, 4) is 12.3 Å². The molecular formula is C7H4IN. The molecule has 0 N–H and O–H groups in total. The molecule has 0 aromatic carbocycles. The van der Waals surface area contributed by atoms with Gasteiger partial charge in [-0.05, 0) is 28.7 Å². The van der Waals surface area contributed by atoms with Crippen molar-refractivity contribution in [3.63, 3.8) is 0 Å². The van der Waals surface area contributed by atoms with Crippen molar-refractivity contribution in [1.29, 1.82) is 0 Å². The molecule has 0 amide bonds. The van der Waals surface area contributed by atoms with Gasteiger partial charge in [0.15, 0.2) is 0 Å². The van der Waals surface area contributed by atoms with Crippen LogP contribution in [-0.4, -0.2) is 4.98 Å². The third-order valence-corrected chi connectivity index (χ3v) is 1.86. The highest BCUT2D eigenvalue weighted by Gasteiger charge is 1.90. The molecule has 0 bridgehead atoms. The van der Waals surface area contributed by atoms with Crippen LogP contribution in [0.2, 0.25) is 0 Å². The summed E-state index contributed by atoms with van der Waals surface area (Å²) in [5.41, 5.74) is 0.859. The molecule has 1 nitrogen and oxygen atoms in total. The van der Waals surface area contributed by atoms with Crippen LogP contribution in [0.5, 0.6) is 0 Å². The second-order valence-electron chi connectivity index (χ2n) is 1.50. The topological polar surface area (TPSA) is 12.9 Å². The fourth-order valence-electron chi connectivity index (χ4n) is 0.484. The van der Waals surface area contributed by atoms with Gasteiger partial charge in [-0.1, -0.05) is 5.92 Å². The first-order valence-electron chi connectivity index (χ1n) is 2.40. The van der Waals surface area contributed by atoms with E-state index >= 15 is 0 Å². The van der Waals surface area contributed by atoms with Gasteiger partial charge in [0.05, 0.1) is 5.56 Å². The average molecular weight is 229 g/mol.